The lowest BCUT2D eigenvalue weighted by Gasteiger charge is -2.09. The minimum Gasteiger partial charge on any atom is -0.336 e. The van der Waals surface area contributed by atoms with Crippen LogP contribution in [0, 0.1) is 6.92 Å². The number of halogens is 1. The molecule has 0 radical (unpaired) electrons. The monoisotopic (exact) mass is 282 g/mol. The van der Waals surface area contributed by atoms with E-state index in [1.54, 1.807) is 17.1 Å². The van der Waals surface area contributed by atoms with Gasteiger partial charge in [0, 0.05) is 31.7 Å². The molecular weight excluding hydrogens is 272 g/mol. The number of rotatable bonds is 3. The van der Waals surface area contributed by atoms with Crippen molar-refractivity contribution in [2.75, 3.05) is 0 Å². The summed E-state index contributed by atoms with van der Waals surface area (Å²) in [6.07, 6.45) is 6.84. The second-order valence-corrected chi connectivity index (χ2v) is 4.26. The molecule has 0 unspecified atom stereocenters. The Labute approximate surface area is 101 Å². The van der Waals surface area contributed by atoms with Gasteiger partial charge in [0.2, 0.25) is 0 Å². The van der Waals surface area contributed by atoms with Gasteiger partial charge in [0.1, 0.15) is 10.3 Å². The highest BCUT2D eigenvalue weighted by molar-refractivity contribution is 9.10. The molecule has 2 aromatic heterocycles. The Morgan fingerprint density at radius 1 is 1.44 bits per heavy atom. The number of aryl methyl sites for hydroxylation is 2. The molecule has 0 bridgehead atoms. The van der Waals surface area contributed by atoms with Crippen LogP contribution in [0.25, 0.3) is 0 Å². The van der Waals surface area contributed by atoms with Crippen LogP contribution in [-0.4, -0.2) is 19.1 Å². The van der Waals surface area contributed by atoms with Crippen LogP contribution in [-0.2, 0) is 13.1 Å². The molecule has 84 valence electrons. The van der Waals surface area contributed by atoms with Gasteiger partial charge in [-0.1, -0.05) is 0 Å². The first-order chi connectivity index (χ1) is 7.68. The minimum absolute atomic E-state index is 0.0485. The number of hydrogen-bond acceptors (Lipinski definition) is 3. The first-order valence-corrected chi connectivity index (χ1v) is 5.65. The van der Waals surface area contributed by atoms with Crippen molar-refractivity contribution in [2.24, 2.45) is 0 Å². The third-order valence-corrected chi connectivity index (χ3v) is 2.89. The first kappa shape index (κ1) is 11.1. The van der Waals surface area contributed by atoms with Crippen LogP contribution in [0.5, 0.6) is 0 Å². The van der Waals surface area contributed by atoms with Gasteiger partial charge in [0.15, 0.2) is 0 Å². The second-order valence-electron chi connectivity index (χ2n) is 3.41. The van der Waals surface area contributed by atoms with Crippen LogP contribution in [0.4, 0.5) is 0 Å². The van der Waals surface area contributed by atoms with E-state index >= 15 is 0 Å². The average molecular weight is 283 g/mol. The molecule has 16 heavy (non-hydrogen) atoms. The Balaban J connectivity index is 2.21. The lowest BCUT2D eigenvalue weighted by molar-refractivity contribution is 0.543. The quantitative estimate of drug-likeness (QED) is 0.850. The molecule has 0 atom stereocenters. The van der Waals surface area contributed by atoms with Crippen molar-refractivity contribution >= 4 is 15.9 Å². The van der Waals surface area contributed by atoms with Crippen LogP contribution in [0.2, 0.25) is 0 Å². The van der Waals surface area contributed by atoms with Crippen LogP contribution in [0.15, 0.2) is 34.2 Å². The fourth-order valence-corrected chi connectivity index (χ4v) is 1.77. The second kappa shape index (κ2) is 4.61. The third kappa shape index (κ3) is 2.21. The highest BCUT2D eigenvalue weighted by atomic mass is 79.9. The Bertz CT molecular complexity index is 532. The Hall–Kier alpha value is -1.43. The van der Waals surface area contributed by atoms with Gasteiger partial charge in [0.05, 0.1) is 6.33 Å². The maximum Gasteiger partial charge on any atom is 0.267 e. The molecule has 0 aromatic carbocycles. The molecule has 0 aliphatic carbocycles. The van der Waals surface area contributed by atoms with Gasteiger partial charge in [0.25, 0.3) is 5.56 Å². The number of imidazole rings is 1. The van der Waals surface area contributed by atoms with Crippen molar-refractivity contribution in [3.05, 3.63) is 45.6 Å². The summed E-state index contributed by atoms with van der Waals surface area (Å²) in [6.45, 7) is 3.12. The number of nitrogens with zero attached hydrogens (tertiary/aromatic N) is 4. The van der Waals surface area contributed by atoms with E-state index in [4.69, 9.17) is 0 Å². The zero-order chi connectivity index (χ0) is 11.5. The highest BCUT2D eigenvalue weighted by Crippen LogP contribution is 2.01. The van der Waals surface area contributed by atoms with E-state index in [1.807, 2.05) is 17.7 Å². The lowest BCUT2D eigenvalue weighted by atomic mass is 10.5. The van der Waals surface area contributed by atoms with E-state index in [0.29, 0.717) is 23.4 Å². The molecule has 2 aromatic rings. The normalized spacial score (nSPS) is 10.6. The van der Waals surface area contributed by atoms with E-state index in [0.717, 1.165) is 0 Å². The van der Waals surface area contributed by atoms with Crippen LogP contribution >= 0.6 is 15.9 Å². The molecule has 6 heteroatoms. The maximum absolute atomic E-state index is 11.8. The number of aromatic nitrogens is 4. The highest BCUT2D eigenvalue weighted by Gasteiger charge is 2.04. The molecular formula is C10H11BrN4O. The summed E-state index contributed by atoms with van der Waals surface area (Å²) in [4.78, 5) is 19.9. The van der Waals surface area contributed by atoms with Crippen molar-refractivity contribution in [1.82, 2.24) is 19.1 Å². The average Bonchev–Trinajstić information content (AvgIpc) is 2.77. The molecule has 0 N–H and O–H groups in total. The van der Waals surface area contributed by atoms with Gasteiger partial charge in [-0.2, -0.15) is 0 Å². The van der Waals surface area contributed by atoms with Crippen molar-refractivity contribution in [3.8, 4) is 0 Å². The summed E-state index contributed by atoms with van der Waals surface area (Å²) in [5, 5.41) is 0. The van der Waals surface area contributed by atoms with Gasteiger partial charge in [-0.25, -0.2) is 9.97 Å². The van der Waals surface area contributed by atoms with E-state index < -0.39 is 0 Å². The van der Waals surface area contributed by atoms with Crippen molar-refractivity contribution < 1.29 is 0 Å². The van der Waals surface area contributed by atoms with Gasteiger partial charge in [-0.05, 0) is 22.9 Å². The van der Waals surface area contributed by atoms with Crippen molar-refractivity contribution in [1.29, 1.82) is 0 Å². The lowest BCUT2D eigenvalue weighted by Crippen LogP contribution is -2.25. The fraction of sp³-hybridized carbons (Fsp3) is 0.300. The molecule has 0 saturated carbocycles. The first-order valence-electron chi connectivity index (χ1n) is 4.86. The standard InChI is InChI=1S/C10H11BrN4O/c1-8-13-6-9(11)10(16)15(8)5-4-14-3-2-12-7-14/h2-3,6-7H,4-5H2,1H3. The summed E-state index contributed by atoms with van der Waals surface area (Å²) < 4.78 is 4.06. The van der Waals surface area contributed by atoms with Crippen LogP contribution in [0.3, 0.4) is 0 Å². The SMILES string of the molecule is Cc1ncc(Br)c(=O)n1CCn1ccnc1. The summed E-state index contributed by atoms with van der Waals surface area (Å²) in [5.41, 5.74) is -0.0485. The predicted molar refractivity (Wildman–Crippen MR) is 63.2 cm³/mol. The van der Waals surface area contributed by atoms with Gasteiger partial charge in [-0.15, -0.1) is 0 Å². The van der Waals surface area contributed by atoms with Gasteiger partial charge < -0.3 is 4.57 Å². The summed E-state index contributed by atoms with van der Waals surface area (Å²) in [5.74, 6) is 0.716. The molecule has 0 amide bonds. The molecule has 5 nitrogen and oxygen atoms in total. The minimum atomic E-state index is -0.0485. The maximum atomic E-state index is 11.8. The van der Waals surface area contributed by atoms with E-state index in [9.17, 15) is 4.79 Å². The molecule has 2 heterocycles. The number of hydrogen-bond donors (Lipinski definition) is 0. The topological polar surface area (TPSA) is 52.7 Å². The van der Waals surface area contributed by atoms with Crippen LogP contribution in [0.1, 0.15) is 5.82 Å². The zero-order valence-electron chi connectivity index (χ0n) is 8.80. The van der Waals surface area contributed by atoms with E-state index in [1.165, 1.54) is 6.20 Å². The zero-order valence-corrected chi connectivity index (χ0v) is 10.4. The summed E-state index contributed by atoms with van der Waals surface area (Å²) >= 11 is 3.18. The Morgan fingerprint density at radius 3 is 2.94 bits per heavy atom. The molecule has 0 saturated heterocycles. The third-order valence-electron chi connectivity index (χ3n) is 2.35. The van der Waals surface area contributed by atoms with E-state index in [2.05, 4.69) is 25.9 Å². The fourth-order valence-electron chi connectivity index (χ4n) is 1.45. The predicted octanol–water partition coefficient (Wildman–Crippen LogP) is 1.21. The molecule has 0 aliphatic rings. The van der Waals surface area contributed by atoms with Crippen molar-refractivity contribution in [2.45, 2.75) is 20.0 Å². The molecule has 0 fully saturated rings. The van der Waals surface area contributed by atoms with Crippen LogP contribution < -0.4 is 5.56 Å². The summed E-state index contributed by atoms with van der Waals surface area (Å²) in [6, 6.07) is 0. The van der Waals surface area contributed by atoms with Crippen molar-refractivity contribution in [3.63, 3.8) is 0 Å². The largest absolute Gasteiger partial charge is 0.336 e. The van der Waals surface area contributed by atoms with E-state index in [-0.39, 0.29) is 5.56 Å². The molecule has 0 aliphatic heterocycles. The molecule has 0 spiro atoms. The van der Waals surface area contributed by atoms with Gasteiger partial charge >= 0.3 is 0 Å². The molecule has 2 rings (SSSR count). The van der Waals surface area contributed by atoms with Gasteiger partial charge in [-0.3, -0.25) is 9.36 Å². The smallest absolute Gasteiger partial charge is 0.267 e. The Morgan fingerprint density at radius 2 is 2.25 bits per heavy atom. The Kier molecular flexibility index (Phi) is 3.19. The summed E-state index contributed by atoms with van der Waals surface area (Å²) in [7, 11) is 0.